The molecule has 1 aliphatic carbocycles. The molecule has 0 saturated heterocycles. The molecule has 1 atom stereocenters. The first-order valence-corrected chi connectivity index (χ1v) is 10.4. The molecule has 3 rings (SSSR count). The summed E-state index contributed by atoms with van der Waals surface area (Å²) in [4.78, 5) is 29.6. The lowest BCUT2D eigenvalue weighted by Gasteiger charge is -2.27. The summed E-state index contributed by atoms with van der Waals surface area (Å²) in [7, 11) is 0. The maximum atomic E-state index is 12.6. The van der Waals surface area contributed by atoms with E-state index in [1.54, 1.807) is 13.0 Å². The Kier molecular flexibility index (Phi) is 5.90. The highest BCUT2D eigenvalue weighted by molar-refractivity contribution is 7.99. The molecule has 1 heterocycles. The fourth-order valence-electron chi connectivity index (χ4n) is 2.67. The maximum absolute atomic E-state index is 12.6. The zero-order valence-electron chi connectivity index (χ0n) is 16.3. The lowest BCUT2D eigenvalue weighted by atomic mass is 9.90. The van der Waals surface area contributed by atoms with E-state index in [1.807, 2.05) is 38.1 Å². The predicted molar refractivity (Wildman–Crippen MR) is 110 cm³/mol. The molecule has 0 radical (unpaired) electrons. The summed E-state index contributed by atoms with van der Waals surface area (Å²) in [6.07, 6.45) is 2.04. The van der Waals surface area contributed by atoms with Gasteiger partial charge in [-0.1, -0.05) is 43.8 Å². The molecular weight excluding hydrogens is 372 g/mol. The Balaban J connectivity index is 1.77. The van der Waals surface area contributed by atoms with Gasteiger partial charge in [0.2, 0.25) is 5.91 Å². The van der Waals surface area contributed by atoms with Crippen LogP contribution in [0.3, 0.4) is 0 Å². The summed E-state index contributed by atoms with van der Waals surface area (Å²) < 4.78 is 0. The molecule has 28 heavy (non-hydrogen) atoms. The zero-order valence-corrected chi connectivity index (χ0v) is 17.1. The van der Waals surface area contributed by atoms with Gasteiger partial charge in [-0.2, -0.15) is 5.26 Å². The average Bonchev–Trinajstić information content (AvgIpc) is 3.49. The van der Waals surface area contributed by atoms with Crippen molar-refractivity contribution in [3.63, 3.8) is 0 Å². The number of fused-ring (bicyclic) bond motifs is 1. The molecular formula is C21H24N4O2S. The number of para-hydroxylation sites is 1. The van der Waals surface area contributed by atoms with E-state index >= 15 is 0 Å². The number of hydrogen-bond donors (Lipinski definition) is 2. The molecule has 2 amide bonds. The second-order valence-electron chi connectivity index (χ2n) is 7.58. The van der Waals surface area contributed by atoms with Crippen molar-refractivity contribution in [3.8, 4) is 6.07 Å². The summed E-state index contributed by atoms with van der Waals surface area (Å²) >= 11 is 1.26. The zero-order chi connectivity index (χ0) is 20.3. The van der Waals surface area contributed by atoms with E-state index in [2.05, 4.69) is 21.7 Å². The molecule has 1 saturated carbocycles. The van der Waals surface area contributed by atoms with Crippen LogP contribution in [0.5, 0.6) is 0 Å². The molecule has 7 heteroatoms. The molecule has 0 unspecified atom stereocenters. The third kappa shape index (κ3) is 4.63. The van der Waals surface area contributed by atoms with Crippen LogP contribution in [0, 0.1) is 17.2 Å². The van der Waals surface area contributed by atoms with Crippen LogP contribution in [0.2, 0.25) is 0 Å². The molecule has 1 aromatic carbocycles. The number of thioether (sulfide) groups is 1. The van der Waals surface area contributed by atoms with Crippen LogP contribution in [0.4, 0.5) is 0 Å². The van der Waals surface area contributed by atoms with Gasteiger partial charge in [-0.3, -0.25) is 9.59 Å². The van der Waals surface area contributed by atoms with Crippen LogP contribution in [-0.4, -0.2) is 34.1 Å². The van der Waals surface area contributed by atoms with Crippen molar-refractivity contribution < 1.29 is 9.59 Å². The van der Waals surface area contributed by atoms with Gasteiger partial charge >= 0.3 is 0 Å². The highest BCUT2D eigenvalue weighted by Crippen LogP contribution is 2.26. The van der Waals surface area contributed by atoms with Gasteiger partial charge in [-0.05, 0) is 37.8 Å². The first-order chi connectivity index (χ1) is 13.3. The van der Waals surface area contributed by atoms with Gasteiger partial charge < -0.3 is 10.6 Å². The monoisotopic (exact) mass is 396 g/mol. The van der Waals surface area contributed by atoms with E-state index in [-0.39, 0.29) is 29.5 Å². The third-order valence-corrected chi connectivity index (χ3v) is 5.90. The fourth-order valence-corrected chi connectivity index (χ4v) is 3.39. The summed E-state index contributed by atoms with van der Waals surface area (Å²) in [5.74, 6) is -0.229. The van der Waals surface area contributed by atoms with Crippen molar-refractivity contribution in [2.24, 2.45) is 5.92 Å². The van der Waals surface area contributed by atoms with Crippen molar-refractivity contribution in [2.45, 2.75) is 50.2 Å². The lowest BCUT2D eigenvalue weighted by molar-refractivity contribution is -0.120. The lowest BCUT2D eigenvalue weighted by Crippen LogP contribution is -2.49. The number of carbonyl (C=O) groups is 2. The Morgan fingerprint density at radius 2 is 2.07 bits per heavy atom. The largest absolute Gasteiger partial charge is 0.349 e. The van der Waals surface area contributed by atoms with Gasteiger partial charge in [0.1, 0.15) is 5.54 Å². The minimum atomic E-state index is -0.913. The molecule has 1 aromatic heterocycles. The smallest absolute Gasteiger partial charge is 0.252 e. The van der Waals surface area contributed by atoms with Crippen molar-refractivity contribution in [2.75, 3.05) is 5.75 Å². The normalized spacial score (nSPS) is 15.7. The summed E-state index contributed by atoms with van der Waals surface area (Å²) in [5.41, 5.74) is 0.381. The number of carbonyl (C=O) groups excluding carboxylic acids is 2. The van der Waals surface area contributed by atoms with Crippen molar-refractivity contribution in [3.05, 3.63) is 35.9 Å². The van der Waals surface area contributed by atoms with Crippen LogP contribution >= 0.6 is 11.8 Å². The Morgan fingerprint density at radius 1 is 1.36 bits per heavy atom. The number of pyridine rings is 1. The third-order valence-electron chi connectivity index (χ3n) is 4.99. The molecule has 1 aliphatic rings. The number of amides is 2. The van der Waals surface area contributed by atoms with Gasteiger partial charge in [-0.15, -0.1) is 0 Å². The molecule has 2 aromatic rings. The molecule has 0 bridgehead atoms. The average molecular weight is 397 g/mol. The number of nitriles is 1. The van der Waals surface area contributed by atoms with E-state index < -0.39 is 5.54 Å². The second-order valence-corrected chi connectivity index (χ2v) is 8.57. The van der Waals surface area contributed by atoms with Crippen LogP contribution in [0.15, 0.2) is 35.4 Å². The summed E-state index contributed by atoms with van der Waals surface area (Å²) in [5, 5.41) is 16.6. The Hall–Kier alpha value is -2.59. The minimum absolute atomic E-state index is 0.0111. The van der Waals surface area contributed by atoms with Gasteiger partial charge in [0, 0.05) is 11.4 Å². The predicted octanol–water partition coefficient (Wildman–Crippen LogP) is 3.27. The Labute approximate surface area is 169 Å². The maximum Gasteiger partial charge on any atom is 0.252 e. The molecule has 0 aliphatic heterocycles. The molecule has 6 nitrogen and oxygen atoms in total. The number of rotatable bonds is 7. The molecule has 1 fully saturated rings. The van der Waals surface area contributed by atoms with Gasteiger partial charge in [0.05, 0.1) is 27.9 Å². The number of nitrogens with one attached hydrogen (secondary N) is 2. The fraction of sp³-hybridized carbons (Fsp3) is 0.429. The van der Waals surface area contributed by atoms with Crippen LogP contribution in [0.25, 0.3) is 10.9 Å². The number of nitrogens with zero attached hydrogens (tertiary/aromatic N) is 2. The van der Waals surface area contributed by atoms with E-state index in [0.29, 0.717) is 10.6 Å². The Morgan fingerprint density at radius 3 is 2.71 bits per heavy atom. The number of benzene rings is 1. The van der Waals surface area contributed by atoms with E-state index in [4.69, 9.17) is 0 Å². The summed E-state index contributed by atoms with van der Waals surface area (Å²) in [6.45, 7) is 5.51. The van der Waals surface area contributed by atoms with Gasteiger partial charge in [0.15, 0.2) is 0 Å². The highest BCUT2D eigenvalue weighted by atomic mass is 32.2. The van der Waals surface area contributed by atoms with Crippen molar-refractivity contribution in [1.82, 2.24) is 15.6 Å². The SMILES string of the molecule is CC(C)[C@](C)(C#N)NC(=O)CSc1cc(C(=O)NC2CC2)c2ccccc2n1. The highest BCUT2D eigenvalue weighted by Gasteiger charge is 2.30. The molecule has 2 N–H and O–H groups in total. The Bertz CT molecular complexity index is 949. The summed E-state index contributed by atoms with van der Waals surface area (Å²) in [6, 6.07) is 11.7. The first kappa shape index (κ1) is 20.2. The first-order valence-electron chi connectivity index (χ1n) is 9.38. The van der Waals surface area contributed by atoms with Crippen LogP contribution in [0.1, 0.15) is 44.0 Å². The topological polar surface area (TPSA) is 94.9 Å². The van der Waals surface area contributed by atoms with Gasteiger partial charge in [0.25, 0.3) is 5.91 Å². The van der Waals surface area contributed by atoms with Crippen LogP contribution in [-0.2, 0) is 4.79 Å². The number of hydrogen-bond acceptors (Lipinski definition) is 5. The van der Waals surface area contributed by atoms with Gasteiger partial charge in [-0.25, -0.2) is 4.98 Å². The van der Waals surface area contributed by atoms with Crippen LogP contribution < -0.4 is 10.6 Å². The van der Waals surface area contributed by atoms with Crippen molar-refractivity contribution >= 4 is 34.5 Å². The number of aromatic nitrogens is 1. The molecule has 0 spiro atoms. The van der Waals surface area contributed by atoms with Crippen molar-refractivity contribution in [1.29, 1.82) is 5.26 Å². The quantitative estimate of drug-likeness (QED) is 0.701. The minimum Gasteiger partial charge on any atom is -0.349 e. The standard InChI is InChI=1S/C21H24N4O2S/c1-13(2)21(3,12-22)25-18(26)11-28-19-10-16(20(27)23-14-8-9-14)15-6-4-5-7-17(15)24-19/h4-7,10,13-14H,8-9,11H2,1-3H3,(H,23,27)(H,25,26)/t21-/m0/s1. The van der Waals surface area contributed by atoms with E-state index in [9.17, 15) is 14.9 Å². The van der Waals surface area contributed by atoms with E-state index in [1.165, 1.54) is 11.8 Å². The van der Waals surface area contributed by atoms with E-state index in [0.717, 1.165) is 23.7 Å². The molecule has 146 valence electrons. The second kappa shape index (κ2) is 8.19.